The minimum Gasteiger partial charge on any atom is -0.371 e. The number of epoxide rings is 1. The summed E-state index contributed by atoms with van der Waals surface area (Å²) in [4.78, 5) is 0. The van der Waals surface area contributed by atoms with E-state index in [9.17, 15) is 0 Å². The van der Waals surface area contributed by atoms with Crippen LogP contribution in [0.25, 0.3) is 0 Å². The van der Waals surface area contributed by atoms with Crippen molar-refractivity contribution in [1.29, 1.82) is 0 Å². The Bertz CT molecular complexity index is 117. The van der Waals surface area contributed by atoms with Crippen molar-refractivity contribution in [2.45, 2.75) is 31.7 Å². The Morgan fingerprint density at radius 1 is 1.27 bits per heavy atom. The van der Waals surface area contributed by atoms with Gasteiger partial charge >= 0.3 is 0 Å². The summed E-state index contributed by atoms with van der Waals surface area (Å²) < 4.78 is 15.9. The summed E-state index contributed by atoms with van der Waals surface area (Å²) >= 11 is 0. The highest BCUT2D eigenvalue weighted by atomic mass is 16.7. The summed E-state index contributed by atoms with van der Waals surface area (Å²) in [5.74, 6) is 0. The Hall–Kier alpha value is -0.120. The van der Waals surface area contributed by atoms with E-state index in [1.54, 1.807) is 0 Å². The molecule has 0 unspecified atom stereocenters. The number of rotatable bonds is 3. The van der Waals surface area contributed by atoms with E-state index in [4.69, 9.17) is 14.2 Å². The minimum absolute atomic E-state index is 0.0490. The van der Waals surface area contributed by atoms with Gasteiger partial charge in [0.25, 0.3) is 0 Å². The topological polar surface area (TPSA) is 31.0 Å². The molecule has 0 aromatic rings. The lowest BCUT2D eigenvalue weighted by Crippen LogP contribution is -2.23. The van der Waals surface area contributed by atoms with Crippen LogP contribution >= 0.6 is 0 Å². The molecule has 0 saturated carbocycles. The molecule has 0 spiro atoms. The standard InChI is InChI=1S/C8H14O3/c1-2-4-9-8(3-1)11-6-7-5-10-7/h7-8H,1-6H2/t7-,8-/m1/s1. The van der Waals surface area contributed by atoms with Crippen molar-refractivity contribution in [2.24, 2.45) is 0 Å². The largest absolute Gasteiger partial charge is 0.371 e. The highest BCUT2D eigenvalue weighted by Crippen LogP contribution is 2.16. The van der Waals surface area contributed by atoms with Gasteiger partial charge in [-0.3, -0.25) is 0 Å². The average Bonchev–Trinajstić information content (AvgIpc) is 2.86. The normalized spacial score (nSPS) is 37.1. The SMILES string of the molecule is C1CC[C@@H](OC[C@H]2CO2)OC1. The first-order valence-corrected chi connectivity index (χ1v) is 4.30. The molecule has 2 heterocycles. The van der Waals surface area contributed by atoms with Crippen LogP contribution in [-0.4, -0.2) is 32.2 Å². The van der Waals surface area contributed by atoms with Crippen LogP contribution in [0.1, 0.15) is 19.3 Å². The molecular formula is C8H14O3. The maximum atomic E-state index is 5.46. The Morgan fingerprint density at radius 2 is 2.18 bits per heavy atom. The fourth-order valence-electron chi connectivity index (χ4n) is 1.22. The molecule has 2 fully saturated rings. The van der Waals surface area contributed by atoms with Crippen LogP contribution in [0.15, 0.2) is 0 Å². The van der Waals surface area contributed by atoms with Crippen molar-refractivity contribution in [1.82, 2.24) is 0 Å². The summed E-state index contributed by atoms with van der Waals surface area (Å²) in [6.07, 6.45) is 3.87. The Labute approximate surface area is 66.6 Å². The smallest absolute Gasteiger partial charge is 0.157 e. The van der Waals surface area contributed by atoms with E-state index in [1.165, 1.54) is 12.8 Å². The number of hydrogen-bond donors (Lipinski definition) is 0. The van der Waals surface area contributed by atoms with Gasteiger partial charge in [0.2, 0.25) is 0 Å². The predicted molar refractivity (Wildman–Crippen MR) is 39.3 cm³/mol. The Kier molecular flexibility index (Phi) is 2.41. The highest BCUT2D eigenvalue weighted by Gasteiger charge is 2.25. The second-order valence-corrected chi connectivity index (χ2v) is 3.08. The van der Waals surface area contributed by atoms with E-state index >= 15 is 0 Å². The maximum Gasteiger partial charge on any atom is 0.157 e. The molecule has 0 aromatic heterocycles. The number of hydrogen-bond acceptors (Lipinski definition) is 3. The summed E-state index contributed by atoms with van der Waals surface area (Å²) in [6, 6.07) is 0. The zero-order valence-electron chi connectivity index (χ0n) is 6.62. The first-order chi connectivity index (χ1) is 5.45. The van der Waals surface area contributed by atoms with Crippen molar-refractivity contribution in [2.75, 3.05) is 19.8 Å². The molecule has 3 heteroatoms. The quantitative estimate of drug-likeness (QED) is 0.572. The Balaban J connectivity index is 1.59. The average molecular weight is 158 g/mol. The molecule has 2 aliphatic rings. The molecular weight excluding hydrogens is 144 g/mol. The molecule has 3 nitrogen and oxygen atoms in total. The molecule has 64 valence electrons. The molecule has 2 saturated heterocycles. The molecule has 11 heavy (non-hydrogen) atoms. The minimum atomic E-state index is 0.0490. The van der Waals surface area contributed by atoms with Gasteiger partial charge in [0, 0.05) is 6.61 Å². The van der Waals surface area contributed by atoms with Crippen LogP contribution in [0.2, 0.25) is 0 Å². The van der Waals surface area contributed by atoms with E-state index in [2.05, 4.69) is 0 Å². The predicted octanol–water partition coefficient (Wildman–Crippen LogP) is 0.928. The van der Waals surface area contributed by atoms with Crippen LogP contribution in [0.5, 0.6) is 0 Å². The van der Waals surface area contributed by atoms with Gasteiger partial charge in [-0.25, -0.2) is 0 Å². The third-order valence-electron chi connectivity index (χ3n) is 2.01. The first-order valence-electron chi connectivity index (χ1n) is 4.30. The van der Waals surface area contributed by atoms with Crippen molar-refractivity contribution in [3.8, 4) is 0 Å². The molecule has 0 radical (unpaired) electrons. The lowest BCUT2D eigenvalue weighted by atomic mass is 10.2. The van der Waals surface area contributed by atoms with Crippen molar-refractivity contribution in [3.05, 3.63) is 0 Å². The maximum absolute atomic E-state index is 5.46. The molecule has 2 aliphatic heterocycles. The number of ether oxygens (including phenoxy) is 3. The van der Waals surface area contributed by atoms with E-state index < -0.39 is 0 Å². The van der Waals surface area contributed by atoms with Crippen LogP contribution in [0, 0.1) is 0 Å². The monoisotopic (exact) mass is 158 g/mol. The summed E-state index contributed by atoms with van der Waals surface area (Å²) in [5, 5.41) is 0. The molecule has 0 aliphatic carbocycles. The summed E-state index contributed by atoms with van der Waals surface area (Å²) in [6.45, 7) is 2.44. The summed E-state index contributed by atoms with van der Waals surface area (Å²) in [5.41, 5.74) is 0. The fraction of sp³-hybridized carbons (Fsp3) is 1.00. The van der Waals surface area contributed by atoms with Crippen LogP contribution < -0.4 is 0 Å². The third kappa shape index (κ3) is 2.43. The molecule has 0 bridgehead atoms. The molecule has 2 atom stereocenters. The van der Waals surface area contributed by atoms with Gasteiger partial charge in [-0.2, -0.15) is 0 Å². The molecule has 0 amide bonds. The van der Waals surface area contributed by atoms with Crippen LogP contribution in [-0.2, 0) is 14.2 Å². The molecule has 0 N–H and O–H groups in total. The van der Waals surface area contributed by atoms with Gasteiger partial charge in [0.05, 0.1) is 13.2 Å². The summed E-state index contributed by atoms with van der Waals surface area (Å²) in [7, 11) is 0. The van der Waals surface area contributed by atoms with Crippen molar-refractivity contribution >= 4 is 0 Å². The van der Waals surface area contributed by atoms with Gasteiger partial charge in [-0.1, -0.05) is 0 Å². The second kappa shape index (κ2) is 3.52. The lowest BCUT2D eigenvalue weighted by Gasteiger charge is -2.22. The Morgan fingerprint density at radius 3 is 2.82 bits per heavy atom. The van der Waals surface area contributed by atoms with Gasteiger partial charge in [0.15, 0.2) is 6.29 Å². The van der Waals surface area contributed by atoms with Crippen LogP contribution in [0.4, 0.5) is 0 Å². The first kappa shape index (κ1) is 7.53. The third-order valence-corrected chi connectivity index (χ3v) is 2.01. The molecule has 2 rings (SSSR count). The van der Waals surface area contributed by atoms with Gasteiger partial charge in [-0.15, -0.1) is 0 Å². The van der Waals surface area contributed by atoms with Gasteiger partial charge in [-0.05, 0) is 19.3 Å². The van der Waals surface area contributed by atoms with Crippen molar-refractivity contribution < 1.29 is 14.2 Å². The van der Waals surface area contributed by atoms with Gasteiger partial charge in [0.1, 0.15) is 6.10 Å². The fourth-order valence-corrected chi connectivity index (χ4v) is 1.22. The zero-order valence-corrected chi connectivity index (χ0v) is 6.62. The zero-order chi connectivity index (χ0) is 7.52. The highest BCUT2D eigenvalue weighted by molar-refractivity contribution is 4.68. The molecule has 0 aromatic carbocycles. The van der Waals surface area contributed by atoms with E-state index in [-0.39, 0.29) is 6.29 Å². The van der Waals surface area contributed by atoms with E-state index in [1.807, 2.05) is 0 Å². The van der Waals surface area contributed by atoms with Crippen molar-refractivity contribution in [3.63, 3.8) is 0 Å². The lowest BCUT2D eigenvalue weighted by molar-refractivity contribution is -0.164. The van der Waals surface area contributed by atoms with E-state index in [0.29, 0.717) is 12.7 Å². The van der Waals surface area contributed by atoms with Crippen LogP contribution in [0.3, 0.4) is 0 Å². The second-order valence-electron chi connectivity index (χ2n) is 3.08. The van der Waals surface area contributed by atoms with Gasteiger partial charge < -0.3 is 14.2 Å². The van der Waals surface area contributed by atoms with E-state index in [0.717, 1.165) is 19.6 Å².